The van der Waals surface area contributed by atoms with Crippen molar-refractivity contribution in [1.29, 1.82) is 0 Å². The minimum absolute atomic E-state index is 0.0128. The highest BCUT2D eigenvalue weighted by Gasteiger charge is 2.56. The van der Waals surface area contributed by atoms with Crippen LogP contribution in [0.1, 0.15) is 48.1 Å². The van der Waals surface area contributed by atoms with Crippen molar-refractivity contribution in [3.8, 4) is 28.6 Å². The van der Waals surface area contributed by atoms with E-state index in [1.54, 1.807) is 6.92 Å². The average Bonchev–Trinajstić information content (AvgIpc) is 3.46. The molecule has 5 rings (SSSR count). The number of carbonyl (C=O) groups is 3. The fourth-order valence-corrected chi connectivity index (χ4v) is 4.87. The van der Waals surface area contributed by atoms with Crippen LogP contribution in [0, 0.1) is 6.92 Å². The minimum Gasteiger partial charge on any atom is -0.507 e. The molecule has 194 valence electrons. The number of benzene rings is 2. The molecule has 38 heavy (non-hydrogen) atoms. The van der Waals surface area contributed by atoms with Gasteiger partial charge in [-0.1, -0.05) is 35.5 Å². The summed E-state index contributed by atoms with van der Waals surface area (Å²) in [5.41, 5.74) is -0.576. The zero-order chi connectivity index (χ0) is 27.4. The number of ether oxygens (including phenoxy) is 1. The van der Waals surface area contributed by atoms with E-state index in [0.29, 0.717) is 30.4 Å². The van der Waals surface area contributed by atoms with E-state index in [9.17, 15) is 24.6 Å². The predicted molar refractivity (Wildman–Crippen MR) is 135 cm³/mol. The third kappa shape index (κ3) is 3.68. The minimum atomic E-state index is -1.56. The van der Waals surface area contributed by atoms with Crippen LogP contribution in [0.4, 0.5) is 0 Å². The van der Waals surface area contributed by atoms with Crippen molar-refractivity contribution in [1.82, 2.24) is 15.5 Å². The van der Waals surface area contributed by atoms with E-state index in [4.69, 9.17) is 9.26 Å². The highest BCUT2D eigenvalue weighted by molar-refractivity contribution is 6.31. The normalized spacial score (nSPS) is 19.4. The lowest BCUT2D eigenvalue weighted by atomic mass is 9.70. The van der Waals surface area contributed by atoms with Gasteiger partial charge in [-0.3, -0.25) is 14.4 Å². The Kier molecular flexibility index (Phi) is 5.90. The molecule has 3 aromatic rings. The van der Waals surface area contributed by atoms with Gasteiger partial charge in [-0.15, -0.1) is 0 Å². The molecule has 0 bridgehead atoms. The molecule has 3 N–H and O–H groups in total. The number of Topliss-reactive ketones (excluding diaryl/α,β-unsaturated/α-hetero) is 2. The zero-order valence-corrected chi connectivity index (χ0v) is 21.2. The standard InChI is InChI=1S/C28H25N3O7/c1-13-23(34)21(15(3)32)25-22(24(13)35)28(4)18(37-25)12-17(33)20(26(28)36)14(2)29-11-10-19-30-27(31-38-19)16-8-6-5-7-9-16/h5-9,12,29,34-35H,10-11H2,1-4H3/b20-14+/t28-/m1/s1. The maximum Gasteiger partial charge on any atom is 0.228 e. The first-order valence-electron chi connectivity index (χ1n) is 12.0. The van der Waals surface area contributed by atoms with E-state index in [0.717, 1.165) is 5.56 Å². The number of carbonyl (C=O) groups excluding carboxylic acids is 3. The first-order chi connectivity index (χ1) is 18.1. The van der Waals surface area contributed by atoms with E-state index in [1.165, 1.54) is 26.8 Å². The summed E-state index contributed by atoms with van der Waals surface area (Å²) in [6.45, 7) is 6.11. The maximum atomic E-state index is 13.8. The number of phenolic OH excluding ortho intramolecular Hbond substituents is 2. The second-order valence-electron chi connectivity index (χ2n) is 9.44. The number of ketones is 3. The van der Waals surface area contributed by atoms with Crippen LogP contribution < -0.4 is 10.1 Å². The van der Waals surface area contributed by atoms with Gasteiger partial charge in [-0.25, -0.2) is 0 Å². The summed E-state index contributed by atoms with van der Waals surface area (Å²) in [4.78, 5) is 43.5. The third-order valence-electron chi connectivity index (χ3n) is 6.99. The quantitative estimate of drug-likeness (QED) is 0.253. The van der Waals surface area contributed by atoms with Crippen molar-refractivity contribution < 1.29 is 33.9 Å². The molecule has 10 heteroatoms. The van der Waals surface area contributed by atoms with Crippen LogP contribution in [0.2, 0.25) is 0 Å². The van der Waals surface area contributed by atoms with Gasteiger partial charge in [0.05, 0.1) is 11.1 Å². The molecule has 0 spiro atoms. The van der Waals surface area contributed by atoms with Gasteiger partial charge in [-0.05, 0) is 27.7 Å². The molecule has 0 fully saturated rings. The Bertz CT molecular complexity index is 1580. The fourth-order valence-electron chi connectivity index (χ4n) is 4.87. The summed E-state index contributed by atoms with van der Waals surface area (Å²) in [7, 11) is 0. The van der Waals surface area contributed by atoms with Gasteiger partial charge in [-0.2, -0.15) is 4.98 Å². The lowest BCUT2D eigenvalue weighted by Gasteiger charge is -2.29. The molecule has 0 saturated carbocycles. The molecule has 2 aliphatic rings. The van der Waals surface area contributed by atoms with Gasteiger partial charge in [0.15, 0.2) is 17.3 Å². The Morgan fingerprint density at radius 1 is 1.11 bits per heavy atom. The molecule has 0 amide bonds. The summed E-state index contributed by atoms with van der Waals surface area (Å²) < 4.78 is 11.1. The highest BCUT2D eigenvalue weighted by atomic mass is 16.5. The van der Waals surface area contributed by atoms with Crippen molar-refractivity contribution in [3.05, 3.63) is 76.0 Å². The molecular weight excluding hydrogens is 490 g/mol. The predicted octanol–water partition coefficient (Wildman–Crippen LogP) is 3.45. The second-order valence-corrected chi connectivity index (χ2v) is 9.44. The fraction of sp³-hybridized carbons (Fsp3) is 0.250. The molecule has 0 saturated heterocycles. The number of nitrogens with zero attached hydrogens (tertiary/aromatic N) is 2. The van der Waals surface area contributed by atoms with Crippen LogP contribution in [0.25, 0.3) is 11.4 Å². The molecule has 2 heterocycles. The van der Waals surface area contributed by atoms with E-state index in [-0.39, 0.29) is 39.5 Å². The van der Waals surface area contributed by atoms with Gasteiger partial charge in [0, 0.05) is 35.9 Å². The number of hydrogen-bond donors (Lipinski definition) is 3. The molecular formula is C28H25N3O7. The molecule has 1 atom stereocenters. The smallest absolute Gasteiger partial charge is 0.228 e. The largest absolute Gasteiger partial charge is 0.507 e. The van der Waals surface area contributed by atoms with Gasteiger partial charge >= 0.3 is 0 Å². The average molecular weight is 516 g/mol. The van der Waals surface area contributed by atoms with Crippen LogP contribution in [0.3, 0.4) is 0 Å². The number of hydrogen-bond acceptors (Lipinski definition) is 10. The molecule has 0 unspecified atom stereocenters. The van der Waals surface area contributed by atoms with Crippen molar-refractivity contribution >= 4 is 17.3 Å². The number of aromatic nitrogens is 2. The van der Waals surface area contributed by atoms with E-state index in [1.807, 2.05) is 30.3 Å². The Balaban J connectivity index is 1.43. The van der Waals surface area contributed by atoms with Crippen molar-refractivity contribution in [2.24, 2.45) is 0 Å². The maximum absolute atomic E-state index is 13.8. The first kappa shape index (κ1) is 24.9. The summed E-state index contributed by atoms with van der Waals surface area (Å²) in [5, 5.41) is 28.4. The van der Waals surface area contributed by atoms with Crippen LogP contribution in [-0.4, -0.2) is 44.2 Å². The SMILES string of the molecule is CC(=O)c1c(O)c(C)c(O)c2c1OC1=CC(=O)/C(=C(/C)NCCc3nc(-c4ccccc4)no3)C(=O)[C@]12C. The van der Waals surface area contributed by atoms with Crippen LogP contribution in [0.5, 0.6) is 17.2 Å². The zero-order valence-electron chi connectivity index (χ0n) is 21.2. The van der Waals surface area contributed by atoms with Crippen LogP contribution in [0.15, 0.2) is 58.0 Å². The molecule has 1 aliphatic heterocycles. The summed E-state index contributed by atoms with van der Waals surface area (Å²) >= 11 is 0. The van der Waals surface area contributed by atoms with Crippen LogP contribution >= 0.6 is 0 Å². The Hall–Kier alpha value is -4.73. The number of allylic oxidation sites excluding steroid dienone is 4. The van der Waals surface area contributed by atoms with Gasteiger partial charge in [0.2, 0.25) is 11.7 Å². The topological polar surface area (TPSA) is 152 Å². The monoisotopic (exact) mass is 515 g/mol. The summed E-state index contributed by atoms with van der Waals surface area (Å²) in [6, 6.07) is 9.38. The summed E-state index contributed by atoms with van der Waals surface area (Å²) in [6.07, 6.45) is 1.53. The number of rotatable bonds is 6. The summed E-state index contributed by atoms with van der Waals surface area (Å²) in [5.74, 6) is -1.76. The lowest BCUT2D eigenvalue weighted by molar-refractivity contribution is -0.123. The molecule has 10 nitrogen and oxygen atoms in total. The molecule has 1 aromatic heterocycles. The third-order valence-corrected chi connectivity index (χ3v) is 6.99. The van der Waals surface area contributed by atoms with E-state index >= 15 is 0 Å². The van der Waals surface area contributed by atoms with Crippen molar-refractivity contribution in [2.45, 2.75) is 39.5 Å². The molecule has 0 radical (unpaired) electrons. The van der Waals surface area contributed by atoms with Gasteiger partial charge in [0.25, 0.3) is 0 Å². The Labute approximate surface area is 217 Å². The van der Waals surface area contributed by atoms with E-state index < -0.39 is 28.5 Å². The number of aromatic hydroxyl groups is 2. The number of nitrogens with one attached hydrogen (secondary N) is 1. The first-order valence-corrected chi connectivity index (χ1v) is 12.0. The van der Waals surface area contributed by atoms with Crippen molar-refractivity contribution in [3.63, 3.8) is 0 Å². The second kappa shape index (κ2) is 8.98. The van der Waals surface area contributed by atoms with Crippen molar-refractivity contribution in [2.75, 3.05) is 6.54 Å². The lowest BCUT2D eigenvalue weighted by Crippen LogP contribution is -2.41. The number of fused-ring (bicyclic) bond motifs is 3. The Morgan fingerprint density at radius 3 is 2.50 bits per heavy atom. The number of phenols is 2. The van der Waals surface area contributed by atoms with Gasteiger partial charge in [0.1, 0.15) is 34.0 Å². The van der Waals surface area contributed by atoms with E-state index in [2.05, 4.69) is 15.5 Å². The van der Waals surface area contributed by atoms with Crippen LogP contribution in [-0.2, 0) is 21.4 Å². The Morgan fingerprint density at radius 2 is 1.82 bits per heavy atom. The molecule has 2 aromatic carbocycles. The molecule has 1 aliphatic carbocycles. The van der Waals surface area contributed by atoms with Gasteiger partial charge < -0.3 is 24.8 Å². The highest BCUT2D eigenvalue weighted by Crippen LogP contribution is 2.57.